The Hall–Kier alpha value is -1.89. The van der Waals surface area contributed by atoms with Crippen molar-refractivity contribution < 1.29 is 14.3 Å². The lowest BCUT2D eigenvalue weighted by Gasteiger charge is -2.27. The van der Waals surface area contributed by atoms with Gasteiger partial charge in [0.1, 0.15) is 12.4 Å². The Labute approximate surface area is 162 Å². The van der Waals surface area contributed by atoms with Crippen LogP contribution in [-0.2, 0) is 17.9 Å². The molecule has 1 aliphatic heterocycles. The van der Waals surface area contributed by atoms with E-state index in [-0.39, 0.29) is 5.97 Å². The summed E-state index contributed by atoms with van der Waals surface area (Å²) >= 11 is 3.48. The highest BCUT2D eigenvalue weighted by Crippen LogP contribution is 2.22. The first-order valence-corrected chi connectivity index (χ1v) is 9.45. The summed E-state index contributed by atoms with van der Waals surface area (Å²) in [5, 5.41) is 6.76. The first kappa shape index (κ1) is 18.9. The van der Waals surface area contributed by atoms with E-state index in [2.05, 4.69) is 38.7 Å². The first-order chi connectivity index (χ1) is 12.7. The van der Waals surface area contributed by atoms with Crippen molar-refractivity contribution in [3.8, 4) is 5.75 Å². The van der Waals surface area contributed by atoms with Gasteiger partial charge in [-0.3, -0.25) is 0 Å². The number of hydrogen-bond acceptors (Lipinski definition) is 5. The van der Waals surface area contributed by atoms with E-state index < -0.39 is 0 Å². The lowest BCUT2D eigenvalue weighted by molar-refractivity contribution is 0.0600. The van der Waals surface area contributed by atoms with E-state index in [4.69, 9.17) is 9.47 Å². The number of ether oxygens (including phenoxy) is 2. The Morgan fingerprint density at radius 1 is 1.23 bits per heavy atom. The van der Waals surface area contributed by atoms with Crippen LogP contribution in [0.1, 0.15) is 21.5 Å². The second-order valence-electron chi connectivity index (χ2n) is 6.39. The maximum atomic E-state index is 11.5. The lowest BCUT2D eigenvalue weighted by atomic mass is 10.0. The summed E-state index contributed by atoms with van der Waals surface area (Å²) in [6.45, 7) is 4.60. The molecule has 0 saturated carbocycles. The van der Waals surface area contributed by atoms with Crippen molar-refractivity contribution in [3.63, 3.8) is 0 Å². The smallest absolute Gasteiger partial charge is 0.337 e. The lowest BCUT2D eigenvalue weighted by Crippen LogP contribution is -2.47. The molecule has 0 bridgehead atoms. The van der Waals surface area contributed by atoms with Crippen LogP contribution in [0.3, 0.4) is 0 Å². The Morgan fingerprint density at radius 2 is 2.00 bits per heavy atom. The fourth-order valence-corrected chi connectivity index (χ4v) is 3.18. The minimum Gasteiger partial charge on any atom is -0.489 e. The summed E-state index contributed by atoms with van der Waals surface area (Å²) in [4.78, 5) is 11.5. The number of nitrogens with one attached hydrogen (secondary N) is 2. The molecule has 0 unspecified atom stereocenters. The van der Waals surface area contributed by atoms with Gasteiger partial charge in [0.05, 0.1) is 12.7 Å². The molecule has 0 spiro atoms. The molecule has 1 saturated heterocycles. The van der Waals surface area contributed by atoms with Gasteiger partial charge in [0.15, 0.2) is 0 Å². The Bertz CT molecular complexity index is 745. The summed E-state index contributed by atoms with van der Waals surface area (Å²) in [5.41, 5.74) is 2.73. The van der Waals surface area contributed by atoms with Crippen LogP contribution in [0.2, 0.25) is 0 Å². The fraction of sp³-hybridized carbons (Fsp3) is 0.350. The molecule has 0 amide bonds. The van der Waals surface area contributed by atoms with E-state index in [9.17, 15) is 4.79 Å². The van der Waals surface area contributed by atoms with Crippen molar-refractivity contribution in [3.05, 3.63) is 63.6 Å². The third-order valence-corrected chi connectivity index (χ3v) is 5.16. The molecule has 2 aromatic carbocycles. The zero-order valence-electron chi connectivity index (χ0n) is 14.8. The summed E-state index contributed by atoms with van der Waals surface area (Å²) in [7, 11) is 1.37. The molecule has 2 N–H and O–H groups in total. The van der Waals surface area contributed by atoms with Gasteiger partial charge in [-0.15, -0.1) is 0 Å². The highest BCUT2D eigenvalue weighted by Gasteiger charge is 2.15. The summed E-state index contributed by atoms with van der Waals surface area (Å²) in [5.74, 6) is 1.23. The minimum absolute atomic E-state index is 0.351. The number of carbonyl (C=O) groups excluding carboxylic acids is 1. The van der Waals surface area contributed by atoms with E-state index in [0.29, 0.717) is 12.2 Å². The summed E-state index contributed by atoms with van der Waals surface area (Å²) in [6, 6.07) is 13.5. The van der Waals surface area contributed by atoms with Gasteiger partial charge in [0, 0.05) is 36.2 Å². The molecule has 2 aromatic rings. The van der Waals surface area contributed by atoms with Gasteiger partial charge in [-0.1, -0.05) is 34.1 Å². The number of rotatable bonds is 8. The predicted octanol–water partition coefficient (Wildman–Crippen LogP) is 3.12. The molecule has 3 rings (SSSR count). The van der Waals surface area contributed by atoms with E-state index in [1.165, 1.54) is 12.7 Å². The average Bonchev–Trinajstić information content (AvgIpc) is 2.63. The molecular formula is C20H23BrN2O3. The van der Waals surface area contributed by atoms with Gasteiger partial charge in [-0.25, -0.2) is 4.79 Å². The van der Waals surface area contributed by atoms with Crippen molar-refractivity contribution in [1.29, 1.82) is 0 Å². The summed E-state index contributed by atoms with van der Waals surface area (Å²) in [6.07, 6.45) is 0. The molecule has 1 fully saturated rings. The normalized spacial score (nSPS) is 13.9. The summed E-state index contributed by atoms with van der Waals surface area (Å²) < 4.78 is 11.4. The Balaban J connectivity index is 1.48. The molecule has 0 atom stereocenters. The van der Waals surface area contributed by atoms with Crippen molar-refractivity contribution >= 4 is 21.9 Å². The fourth-order valence-electron chi connectivity index (χ4n) is 2.69. The molecule has 0 aromatic heterocycles. The largest absolute Gasteiger partial charge is 0.489 e. The number of esters is 1. The average molecular weight is 419 g/mol. The molecule has 0 radical (unpaired) electrons. The zero-order valence-corrected chi connectivity index (χ0v) is 16.3. The second kappa shape index (κ2) is 9.16. The number of benzene rings is 2. The Morgan fingerprint density at radius 3 is 2.62 bits per heavy atom. The molecule has 26 heavy (non-hydrogen) atoms. The van der Waals surface area contributed by atoms with Gasteiger partial charge in [-0.05, 0) is 35.7 Å². The SMILES string of the molecule is COC(=O)c1ccc(COc2ccc(CNCC3CNC3)cc2)c(Br)c1. The molecular weight excluding hydrogens is 396 g/mol. The van der Waals surface area contributed by atoms with E-state index in [1.807, 2.05) is 18.2 Å². The van der Waals surface area contributed by atoms with Gasteiger partial charge in [-0.2, -0.15) is 0 Å². The topological polar surface area (TPSA) is 59.6 Å². The number of carbonyl (C=O) groups is 1. The van der Waals surface area contributed by atoms with Crippen molar-refractivity contribution in [2.24, 2.45) is 5.92 Å². The van der Waals surface area contributed by atoms with Crippen LogP contribution in [0, 0.1) is 5.92 Å². The third-order valence-electron chi connectivity index (χ3n) is 4.42. The van der Waals surface area contributed by atoms with Crippen LogP contribution in [0.4, 0.5) is 0 Å². The Kier molecular flexibility index (Phi) is 6.66. The van der Waals surface area contributed by atoms with Crippen molar-refractivity contribution in [2.45, 2.75) is 13.2 Å². The number of halogens is 1. The second-order valence-corrected chi connectivity index (χ2v) is 7.24. The van der Waals surface area contributed by atoms with Crippen molar-refractivity contribution in [1.82, 2.24) is 10.6 Å². The third kappa shape index (κ3) is 5.06. The van der Waals surface area contributed by atoms with E-state index in [1.54, 1.807) is 12.1 Å². The van der Waals surface area contributed by atoms with Crippen LogP contribution in [0.5, 0.6) is 5.75 Å². The molecule has 5 nitrogen and oxygen atoms in total. The minimum atomic E-state index is -0.351. The highest BCUT2D eigenvalue weighted by molar-refractivity contribution is 9.10. The molecule has 0 aliphatic carbocycles. The van der Waals surface area contributed by atoms with E-state index >= 15 is 0 Å². The van der Waals surface area contributed by atoms with Gasteiger partial charge < -0.3 is 20.1 Å². The first-order valence-electron chi connectivity index (χ1n) is 8.65. The number of methoxy groups -OCH3 is 1. The number of hydrogen-bond donors (Lipinski definition) is 2. The van der Waals surface area contributed by atoms with Crippen LogP contribution in [0.25, 0.3) is 0 Å². The van der Waals surface area contributed by atoms with Crippen LogP contribution >= 0.6 is 15.9 Å². The zero-order chi connectivity index (χ0) is 18.4. The van der Waals surface area contributed by atoms with Crippen LogP contribution in [-0.4, -0.2) is 32.7 Å². The van der Waals surface area contributed by atoms with E-state index in [0.717, 1.165) is 47.9 Å². The molecule has 6 heteroatoms. The maximum absolute atomic E-state index is 11.5. The monoisotopic (exact) mass is 418 g/mol. The van der Waals surface area contributed by atoms with Gasteiger partial charge in [0.2, 0.25) is 0 Å². The standard InChI is InChI=1S/C20H23BrN2O3/c1-25-20(24)16-4-5-17(19(21)8-16)13-26-18-6-2-14(3-7-18)9-22-10-15-11-23-12-15/h2-8,15,22-23H,9-13H2,1H3. The van der Waals surface area contributed by atoms with Crippen molar-refractivity contribution in [2.75, 3.05) is 26.7 Å². The predicted molar refractivity (Wildman–Crippen MR) is 104 cm³/mol. The molecule has 138 valence electrons. The van der Waals surface area contributed by atoms with Crippen LogP contribution in [0.15, 0.2) is 46.9 Å². The van der Waals surface area contributed by atoms with Gasteiger partial charge in [0.25, 0.3) is 0 Å². The van der Waals surface area contributed by atoms with Crippen LogP contribution < -0.4 is 15.4 Å². The highest BCUT2D eigenvalue weighted by atomic mass is 79.9. The molecule has 1 heterocycles. The molecule has 1 aliphatic rings. The maximum Gasteiger partial charge on any atom is 0.337 e. The quantitative estimate of drug-likeness (QED) is 0.644. The van der Waals surface area contributed by atoms with Gasteiger partial charge >= 0.3 is 5.97 Å².